The van der Waals surface area contributed by atoms with Gasteiger partial charge < -0.3 is 19.0 Å². The van der Waals surface area contributed by atoms with E-state index in [4.69, 9.17) is 30.6 Å². The monoisotopic (exact) mass is 592 g/mol. The highest BCUT2D eigenvalue weighted by Crippen LogP contribution is 2.37. The van der Waals surface area contributed by atoms with Crippen molar-refractivity contribution >= 4 is 45.8 Å². The van der Waals surface area contributed by atoms with Crippen LogP contribution in [0.3, 0.4) is 0 Å². The van der Waals surface area contributed by atoms with E-state index in [1.165, 1.54) is 33.1 Å². The van der Waals surface area contributed by atoms with E-state index in [0.717, 1.165) is 18.2 Å². The number of nitro groups is 1. The number of carbonyl (C=O) groups is 2. The Morgan fingerprint density at radius 2 is 1.87 bits per heavy atom. The fraction of sp³-hybridized carbons (Fsp3) is 0.375. The molecule has 0 radical (unpaired) electrons. The number of alkyl halides is 3. The first-order chi connectivity index (χ1) is 18.3. The van der Waals surface area contributed by atoms with Crippen molar-refractivity contribution < 1.29 is 46.7 Å². The summed E-state index contributed by atoms with van der Waals surface area (Å²) in [5.41, 5.74) is -1.58. The number of carbonyl (C=O) groups excluding carboxylic acids is 2. The maximum Gasteiger partial charge on any atom is 0.416 e. The Hall–Kier alpha value is -3.36. The highest BCUT2D eigenvalue weighted by atomic mass is 35.5. The molecule has 10 nitrogen and oxygen atoms in total. The van der Waals surface area contributed by atoms with Crippen LogP contribution >= 0.6 is 23.4 Å². The molecule has 2 unspecified atom stereocenters. The minimum atomic E-state index is -4.61. The third kappa shape index (κ3) is 9.11. The van der Waals surface area contributed by atoms with Crippen molar-refractivity contribution in [1.29, 1.82) is 0 Å². The summed E-state index contributed by atoms with van der Waals surface area (Å²) in [5.74, 6) is -0.714. The molecule has 0 aliphatic carbocycles. The highest BCUT2D eigenvalue weighted by Gasteiger charge is 2.31. The van der Waals surface area contributed by atoms with E-state index in [-0.39, 0.29) is 41.0 Å². The van der Waals surface area contributed by atoms with Gasteiger partial charge in [0.05, 0.1) is 34.3 Å². The maximum atomic E-state index is 12.9. The number of rotatable bonds is 12. The summed E-state index contributed by atoms with van der Waals surface area (Å²) < 4.78 is 54.3. The smallest absolute Gasteiger partial charge is 0.416 e. The second-order valence-electron chi connectivity index (χ2n) is 7.73. The lowest BCUT2D eigenvalue weighted by molar-refractivity contribution is -0.385. The van der Waals surface area contributed by atoms with E-state index in [0.29, 0.717) is 17.8 Å². The number of esters is 1. The summed E-state index contributed by atoms with van der Waals surface area (Å²) in [6, 6.07) is 6.01. The third-order valence-electron chi connectivity index (χ3n) is 4.81. The van der Waals surface area contributed by atoms with Crippen LogP contribution in [-0.2, 0) is 30.1 Å². The number of nitro benzene ring substituents is 1. The number of hydrogen-bond donors (Lipinski definition) is 0. The third-order valence-corrected chi connectivity index (χ3v) is 6.21. The van der Waals surface area contributed by atoms with E-state index in [2.05, 4.69) is 5.16 Å². The first-order valence-corrected chi connectivity index (χ1v) is 12.5. The minimum Gasteiger partial charge on any atom is -0.465 e. The standard InChI is InChI=1S/C24H24ClF3N2O8S/c1-5-36-22(31)14(3)39-23(32)13(2)38-29-19(12-35-4)17-11-16(7-8-20(17)30(33)34)37-21-9-6-15(10-18(21)25)24(26,27)28/h6-11,13-14H,5,12H2,1-4H3. The van der Waals surface area contributed by atoms with Crippen molar-refractivity contribution in [2.75, 3.05) is 20.3 Å². The molecular formula is C24H24ClF3N2O8S. The Bertz CT molecular complexity index is 1240. The molecule has 0 spiro atoms. The number of nitrogens with zero attached hydrogens (tertiary/aromatic N) is 2. The molecule has 0 aromatic heterocycles. The number of ether oxygens (including phenoxy) is 3. The summed E-state index contributed by atoms with van der Waals surface area (Å²) in [6.45, 7) is 4.37. The van der Waals surface area contributed by atoms with Gasteiger partial charge in [0.2, 0.25) is 5.12 Å². The van der Waals surface area contributed by atoms with E-state index >= 15 is 0 Å². The molecule has 0 saturated carbocycles. The summed E-state index contributed by atoms with van der Waals surface area (Å²) in [7, 11) is 1.30. The summed E-state index contributed by atoms with van der Waals surface area (Å²) >= 11 is 6.63. The summed E-state index contributed by atoms with van der Waals surface area (Å²) in [4.78, 5) is 40.4. The van der Waals surface area contributed by atoms with Crippen molar-refractivity contribution in [3.63, 3.8) is 0 Å². The van der Waals surface area contributed by atoms with E-state index in [1.54, 1.807) is 6.92 Å². The zero-order valence-corrected chi connectivity index (χ0v) is 22.7. The van der Waals surface area contributed by atoms with Crippen LogP contribution in [0.25, 0.3) is 0 Å². The topological polar surface area (TPSA) is 127 Å². The van der Waals surface area contributed by atoms with Gasteiger partial charge >= 0.3 is 12.1 Å². The van der Waals surface area contributed by atoms with Crippen LogP contribution in [0.2, 0.25) is 5.02 Å². The van der Waals surface area contributed by atoms with Gasteiger partial charge in [-0.1, -0.05) is 28.5 Å². The predicted molar refractivity (Wildman–Crippen MR) is 137 cm³/mol. The van der Waals surface area contributed by atoms with Crippen LogP contribution in [0.4, 0.5) is 18.9 Å². The molecule has 212 valence electrons. The Kier molecular flexibility index (Phi) is 11.6. The van der Waals surface area contributed by atoms with E-state index in [1.807, 2.05) is 0 Å². The lowest BCUT2D eigenvalue weighted by Crippen LogP contribution is -2.24. The second-order valence-corrected chi connectivity index (χ2v) is 9.48. The number of hydrogen-bond acceptors (Lipinski definition) is 10. The molecule has 0 aliphatic rings. The Morgan fingerprint density at radius 1 is 1.18 bits per heavy atom. The fourth-order valence-electron chi connectivity index (χ4n) is 2.91. The van der Waals surface area contributed by atoms with Gasteiger partial charge in [-0.2, -0.15) is 13.2 Å². The Labute approximate surface area is 230 Å². The first kappa shape index (κ1) is 31.9. The molecule has 15 heteroatoms. The zero-order chi connectivity index (χ0) is 29.3. The van der Waals surface area contributed by atoms with Gasteiger partial charge in [-0.05, 0) is 51.1 Å². The molecule has 2 atom stereocenters. The normalized spacial score (nSPS) is 13.4. The molecule has 2 aromatic carbocycles. The number of oxime groups is 1. The quantitative estimate of drug-likeness (QED) is 0.126. The minimum absolute atomic E-state index is 0.0102. The van der Waals surface area contributed by atoms with Crippen molar-refractivity contribution in [3.8, 4) is 11.5 Å². The van der Waals surface area contributed by atoms with Crippen LogP contribution in [0.1, 0.15) is 31.9 Å². The lowest BCUT2D eigenvalue weighted by Gasteiger charge is -2.14. The average Bonchev–Trinajstić information content (AvgIpc) is 2.86. The lowest BCUT2D eigenvalue weighted by atomic mass is 10.1. The molecule has 0 saturated heterocycles. The van der Waals surface area contributed by atoms with Crippen molar-refractivity contribution in [1.82, 2.24) is 0 Å². The molecule has 0 aliphatic heterocycles. The van der Waals surface area contributed by atoms with Gasteiger partial charge in [-0.15, -0.1) is 0 Å². The SMILES string of the molecule is CCOC(=O)C(C)SC(=O)C(C)ON=C(COC)c1cc(Oc2ccc(C(F)(F)F)cc2Cl)ccc1[N+](=O)[O-]. The van der Waals surface area contributed by atoms with Gasteiger partial charge in [-0.25, -0.2) is 0 Å². The van der Waals surface area contributed by atoms with Crippen LogP contribution in [-0.4, -0.2) is 53.4 Å². The Morgan fingerprint density at radius 3 is 2.44 bits per heavy atom. The molecular weight excluding hydrogens is 569 g/mol. The van der Waals surface area contributed by atoms with E-state index in [9.17, 15) is 32.9 Å². The highest BCUT2D eigenvalue weighted by molar-refractivity contribution is 8.14. The molecule has 0 fully saturated rings. The molecule has 0 amide bonds. The maximum absolute atomic E-state index is 12.9. The Balaban J connectivity index is 2.33. The number of thioether (sulfide) groups is 1. The van der Waals surface area contributed by atoms with Crippen LogP contribution < -0.4 is 4.74 Å². The van der Waals surface area contributed by atoms with Crippen molar-refractivity contribution in [2.45, 2.75) is 38.3 Å². The van der Waals surface area contributed by atoms with Gasteiger partial charge in [-0.3, -0.25) is 19.7 Å². The van der Waals surface area contributed by atoms with Crippen LogP contribution in [0.5, 0.6) is 11.5 Å². The largest absolute Gasteiger partial charge is 0.465 e. The summed E-state index contributed by atoms with van der Waals surface area (Å²) in [5, 5.41) is 13.9. The van der Waals surface area contributed by atoms with Gasteiger partial charge in [0.15, 0.2) is 6.10 Å². The summed E-state index contributed by atoms with van der Waals surface area (Å²) in [6.07, 6.45) is -5.76. The van der Waals surface area contributed by atoms with Crippen molar-refractivity contribution in [3.05, 3.63) is 62.7 Å². The number of halogens is 4. The average molecular weight is 593 g/mol. The molecule has 39 heavy (non-hydrogen) atoms. The van der Waals surface area contributed by atoms with Crippen LogP contribution in [0.15, 0.2) is 41.6 Å². The number of benzene rings is 2. The van der Waals surface area contributed by atoms with Gasteiger partial charge in [0, 0.05) is 13.2 Å². The first-order valence-electron chi connectivity index (χ1n) is 11.2. The molecule has 0 N–H and O–H groups in total. The molecule has 0 bridgehead atoms. The molecule has 2 aromatic rings. The van der Waals surface area contributed by atoms with Crippen molar-refractivity contribution in [2.24, 2.45) is 5.16 Å². The zero-order valence-electron chi connectivity index (χ0n) is 21.1. The fourth-order valence-corrected chi connectivity index (χ4v) is 3.88. The molecule has 2 rings (SSSR count). The van der Waals surface area contributed by atoms with Crippen LogP contribution in [0, 0.1) is 10.1 Å². The van der Waals surface area contributed by atoms with Gasteiger partial charge in [0.1, 0.15) is 22.5 Å². The van der Waals surface area contributed by atoms with Gasteiger partial charge in [0.25, 0.3) is 5.69 Å². The van der Waals surface area contributed by atoms with E-state index < -0.39 is 44.8 Å². The molecule has 0 heterocycles. The predicted octanol–water partition coefficient (Wildman–Crippen LogP) is 6.03. The second kappa shape index (κ2) is 14.1. The number of methoxy groups -OCH3 is 1.